The lowest BCUT2D eigenvalue weighted by atomic mass is 10.2. The van der Waals surface area contributed by atoms with Crippen LogP contribution < -0.4 is 5.73 Å². The summed E-state index contributed by atoms with van der Waals surface area (Å²) in [4.78, 5) is 5.57. The minimum atomic E-state index is 0.358. The van der Waals surface area contributed by atoms with Crippen LogP contribution in [-0.2, 0) is 0 Å². The smallest absolute Gasteiger partial charge is 0.259 e. The average molecular weight is 318 g/mol. The zero-order valence-electron chi connectivity index (χ0n) is 11.2. The fourth-order valence-corrected chi connectivity index (χ4v) is 2.50. The van der Waals surface area contributed by atoms with E-state index in [1.807, 2.05) is 30.5 Å². The Bertz CT molecular complexity index is 771. The van der Waals surface area contributed by atoms with E-state index in [1.165, 1.54) is 4.90 Å². The van der Waals surface area contributed by atoms with Gasteiger partial charge in [0.05, 0.1) is 10.6 Å². The van der Waals surface area contributed by atoms with Gasteiger partial charge in [-0.15, -0.1) is 11.8 Å². The van der Waals surface area contributed by atoms with Gasteiger partial charge in [-0.3, -0.25) is 0 Å². The molecule has 0 amide bonds. The van der Waals surface area contributed by atoms with E-state index in [0.717, 1.165) is 5.56 Å². The maximum atomic E-state index is 6.14. The Morgan fingerprint density at radius 1 is 1.14 bits per heavy atom. The molecular weight excluding hydrogens is 306 g/mol. The summed E-state index contributed by atoms with van der Waals surface area (Å²) in [6.45, 7) is 0. The fourth-order valence-electron chi connectivity index (χ4n) is 1.90. The molecule has 0 bridgehead atoms. The molecule has 1 aromatic heterocycles. The molecule has 1 heterocycles. The second kappa shape index (κ2) is 5.79. The van der Waals surface area contributed by atoms with Crippen molar-refractivity contribution in [3.8, 4) is 22.8 Å². The van der Waals surface area contributed by atoms with Gasteiger partial charge in [0.1, 0.15) is 0 Å². The highest BCUT2D eigenvalue weighted by atomic mass is 35.5. The van der Waals surface area contributed by atoms with E-state index in [2.05, 4.69) is 10.1 Å². The Morgan fingerprint density at radius 3 is 2.62 bits per heavy atom. The maximum Gasteiger partial charge on any atom is 0.259 e. The molecule has 0 aliphatic heterocycles. The van der Waals surface area contributed by atoms with Crippen molar-refractivity contribution in [1.29, 1.82) is 0 Å². The molecule has 3 rings (SSSR count). The lowest BCUT2D eigenvalue weighted by Crippen LogP contribution is -1.87. The highest BCUT2D eigenvalue weighted by Gasteiger charge is 2.13. The number of nitrogens with zero attached hydrogens (tertiary/aromatic N) is 2. The second-order valence-electron chi connectivity index (χ2n) is 4.39. The molecule has 106 valence electrons. The Hall–Kier alpha value is -1.98. The highest BCUT2D eigenvalue weighted by Crippen LogP contribution is 2.30. The van der Waals surface area contributed by atoms with Crippen molar-refractivity contribution in [1.82, 2.24) is 10.1 Å². The van der Waals surface area contributed by atoms with E-state index in [4.69, 9.17) is 21.9 Å². The van der Waals surface area contributed by atoms with E-state index in [9.17, 15) is 0 Å². The lowest BCUT2D eigenvalue weighted by Gasteiger charge is -1.99. The average Bonchev–Trinajstić information content (AvgIpc) is 2.99. The molecule has 0 atom stereocenters. The number of nitrogen functional groups attached to an aromatic ring is 1. The lowest BCUT2D eigenvalue weighted by molar-refractivity contribution is 0.432. The van der Waals surface area contributed by atoms with Crippen LogP contribution in [-0.4, -0.2) is 16.4 Å². The monoisotopic (exact) mass is 317 g/mol. The first-order valence-corrected chi connectivity index (χ1v) is 7.81. The number of halogens is 1. The molecule has 0 fully saturated rings. The number of aromatic nitrogens is 2. The molecule has 0 aliphatic carbocycles. The maximum absolute atomic E-state index is 6.14. The summed E-state index contributed by atoms with van der Waals surface area (Å²) in [6, 6.07) is 13.1. The minimum Gasteiger partial charge on any atom is -0.399 e. The van der Waals surface area contributed by atoms with Crippen molar-refractivity contribution in [2.75, 3.05) is 12.0 Å². The van der Waals surface area contributed by atoms with Crippen molar-refractivity contribution >= 4 is 29.1 Å². The summed E-state index contributed by atoms with van der Waals surface area (Å²) in [7, 11) is 0. The van der Waals surface area contributed by atoms with Crippen molar-refractivity contribution in [2.45, 2.75) is 4.90 Å². The molecule has 0 saturated carbocycles. The summed E-state index contributed by atoms with van der Waals surface area (Å²) in [5.74, 6) is 0.882. The van der Waals surface area contributed by atoms with Crippen LogP contribution in [0.25, 0.3) is 22.8 Å². The normalized spacial score (nSPS) is 10.8. The Balaban J connectivity index is 1.97. The van der Waals surface area contributed by atoms with Gasteiger partial charge in [-0.1, -0.05) is 16.8 Å². The van der Waals surface area contributed by atoms with Crippen LogP contribution in [0, 0.1) is 0 Å². The first kappa shape index (κ1) is 14.0. The van der Waals surface area contributed by atoms with Crippen molar-refractivity contribution in [2.24, 2.45) is 0 Å². The number of rotatable bonds is 3. The number of benzene rings is 2. The quantitative estimate of drug-likeness (QED) is 0.574. The molecule has 6 heteroatoms. The number of thioether (sulfide) groups is 1. The molecule has 0 radical (unpaired) electrons. The van der Waals surface area contributed by atoms with Gasteiger partial charge in [0.25, 0.3) is 5.89 Å². The number of hydrogen-bond donors (Lipinski definition) is 1. The minimum absolute atomic E-state index is 0.358. The Morgan fingerprint density at radius 2 is 1.90 bits per heavy atom. The highest BCUT2D eigenvalue weighted by molar-refractivity contribution is 7.98. The summed E-state index contributed by atoms with van der Waals surface area (Å²) in [5, 5.41) is 4.52. The van der Waals surface area contributed by atoms with E-state index in [0.29, 0.717) is 28.0 Å². The van der Waals surface area contributed by atoms with Crippen LogP contribution in [0.5, 0.6) is 0 Å². The molecule has 2 N–H and O–H groups in total. The number of anilines is 1. The molecule has 21 heavy (non-hydrogen) atoms. The molecule has 0 saturated heterocycles. The van der Waals surface area contributed by atoms with Gasteiger partial charge in [-0.05, 0) is 48.7 Å². The Kier molecular flexibility index (Phi) is 3.86. The van der Waals surface area contributed by atoms with Crippen LogP contribution in [0.4, 0.5) is 5.69 Å². The fraction of sp³-hybridized carbons (Fsp3) is 0.0667. The summed E-state index contributed by atoms with van der Waals surface area (Å²) >= 11 is 7.82. The van der Waals surface area contributed by atoms with E-state index in [-0.39, 0.29) is 0 Å². The summed E-state index contributed by atoms with van der Waals surface area (Å²) in [6.07, 6.45) is 2.03. The van der Waals surface area contributed by atoms with Crippen molar-refractivity contribution in [3.05, 3.63) is 47.5 Å². The van der Waals surface area contributed by atoms with Crippen LogP contribution in [0.15, 0.2) is 51.9 Å². The molecule has 0 spiro atoms. The molecule has 0 aliphatic rings. The molecular formula is C15H12ClN3OS. The van der Waals surface area contributed by atoms with Gasteiger partial charge in [-0.25, -0.2) is 0 Å². The predicted molar refractivity (Wildman–Crippen MR) is 86.4 cm³/mol. The van der Waals surface area contributed by atoms with Crippen LogP contribution >= 0.6 is 23.4 Å². The van der Waals surface area contributed by atoms with Crippen molar-refractivity contribution in [3.63, 3.8) is 0 Å². The predicted octanol–water partition coefficient (Wildman–Crippen LogP) is 4.36. The third-order valence-electron chi connectivity index (χ3n) is 3.00. The van der Waals surface area contributed by atoms with Gasteiger partial charge < -0.3 is 10.3 Å². The van der Waals surface area contributed by atoms with Gasteiger partial charge >= 0.3 is 0 Å². The van der Waals surface area contributed by atoms with Gasteiger partial charge in [0, 0.05) is 16.1 Å². The number of hydrogen-bond acceptors (Lipinski definition) is 5. The molecule has 3 aromatic rings. The molecule has 4 nitrogen and oxygen atoms in total. The van der Waals surface area contributed by atoms with Crippen molar-refractivity contribution < 1.29 is 4.52 Å². The first-order chi connectivity index (χ1) is 10.2. The van der Waals surface area contributed by atoms with E-state index >= 15 is 0 Å². The van der Waals surface area contributed by atoms with Crippen LogP contribution in [0.3, 0.4) is 0 Å². The molecule has 0 unspecified atom stereocenters. The summed E-state index contributed by atoms with van der Waals surface area (Å²) in [5.41, 5.74) is 7.89. The van der Waals surface area contributed by atoms with Gasteiger partial charge in [-0.2, -0.15) is 4.98 Å². The second-order valence-corrected chi connectivity index (χ2v) is 5.68. The van der Waals surface area contributed by atoms with Gasteiger partial charge in [0.2, 0.25) is 5.82 Å². The zero-order chi connectivity index (χ0) is 14.8. The standard InChI is InChI=1S/C15H12ClN3OS/c1-21-11-5-2-9(3-6-11)14-18-15(20-19-14)12-8-10(17)4-7-13(12)16/h2-8H,17H2,1H3. The largest absolute Gasteiger partial charge is 0.399 e. The van der Waals surface area contributed by atoms with E-state index < -0.39 is 0 Å². The topological polar surface area (TPSA) is 64.9 Å². The number of nitrogens with two attached hydrogens (primary N) is 1. The third-order valence-corrected chi connectivity index (χ3v) is 4.07. The summed E-state index contributed by atoms with van der Waals surface area (Å²) < 4.78 is 5.29. The van der Waals surface area contributed by atoms with Crippen LogP contribution in [0.1, 0.15) is 0 Å². The molecule has 2 aromatic carbocycles. The van der Waals surface area contributed by atoms with E-state index in [1.54, 1.807) is 30.0 Å². The first-order valence-electron chi connectivity index (χ1n) is 6.21. The Labute approximate surface area is 131 Å². The third kappa shape index (κ3) is 2.89. The van der Waals surface area contributed by atoms with Gasteiger partial charge in [0.15, 0.2) is 0 Å². The SMILES string of the molecule is CSc1ccc(-c2noc(-c3cc(N)ccc3Cl)n2)cc1. The van der Waals surface area contributed by atoms with Crippen LogP contribution in [0.2, 0.25) is 5.02 Å². The zero-order valence-corrected chi connectivity index (χ0v) is 12.8.